The van der Waals surface area contributed by atoms with Crippen molar-refractivity contribution in [2.45, 2.75) is 25.9 Å². The lowest BCUT2D eigenvalue weighted by molar-refractivity contribution is 0.0795. The van der Waals surface area contributed by atoms with E-state index in [4.69, 9.17) is 5.73 Å². The molecule has 1 aliphatic heterocycles. The Bertz CT molecular complexity index is 889. The molecule has 2 N–H and O–H groups in total. The van der Waals surface area contributed by atoms with Crippen LogP contribution in [-0.4, -0.2) is 39.7 Å². The van der Waals surface area contributed by atoms with E-state index >= 15 is 0 Å². The van der Waals surface area contributed by atoms with Crippen LogP contribution in [0.15, 0.2) is 36.4 Å². The molecule has 0 aliphatic carbocycles. The van der Waals surface area contributed by atoms with Gasteiger partial charge >= 0.3 is 0 Å². The number of benzene rings is 1. The minimum atomic E-state index is 0. The fourth-order valence-electron chi connectivity index (χ4n) is 3.21. The number of likely N-dealkylation sites (tertiary alicyclic amines) is 1. The van der Waals surface area contributed by atoms with Gasteiger partial charge in [0, 0.05) is 24.5 Å². The number of halogens is 1. The molecule has 1 amide bonds. The van der Waals surface area contributed by atoms with Gasteiger partial charge in [-0.3, -0.25) is 9.48 Å². The Kier molecular flexibility index (Phi) is 5.13. The van der Waals surface area contributed by atoms with E-state index in [-0.39, 0.29) is 24.4 Å². The number of nitrogens with zero attached hydrogens (tertiary/aromatic N) is 3. The Morgan fingerprint density at radius 1 is 1.36 bits per heavy atom. The SMILES string of the molecule is Cc1nn(Cc2ccccc2)c2sc(C(=O)N3CC[C@@H](N)C3)cc12.Cl. The average molecular weight is 377 g/mol. The van der Waals surface area contributed by atoms with E-state index in [9.17, 15) is 4.79 Å². The zero-order valence-electron chi connectivity index (χ0n) is 14.0. The lowest BCUT2D eigenvalue weighted by Gasteiger charge is -2.14. The van der Waals surface area contributed by atoms with Gasteiger partial charge < -0.3 is 10.6 Å². The van der Waals surface area contributed by atoms with Crippen molar-refractivity contribution in [3.05, 3.63) is 52.5 Å². The standard InChI is InChI=1S/C18H20N4OS.ClH/c1-12-15-9-16(17(23)21-8-7-14(19)11-21)24-18(15)22(20-12)10-13-5-3-2-4-6-13;/h2-6,9,14H,7-8,10-11,19H2,1H3;1H/t14-;/m1./s1. The summed E-state index contributed by atoms with van der Waals surface area (Å²) in [4.78, 5) is 16.4. The maximum Gasteiger partial charge on any atom is 0.264 e. The van der Waals surface area contributed by atoms with E-state index < -0.39 is 0 Å². The quantitative estimate of drug-likeness (QED) is 0.764. The van der Waals surface area contributed by atoms with Crippen LogP contribution in [0.5, 0.6) is 0 Å². The highest BCUT2D eigenvalue weighted by molar-refractivity contribution is 7.20. The number of amides is 1. The maximum absolute atomic E-state index is 12.7. The third-order valence-corrected chi connectivity index (χ3v) is 5.64. The van der Waals surface area contributed by atoms with Crippen LogP contribution < -0.4 is 5.73 Å². The first-order valence-electron chi connectivity index (χ1n) is 8.17. The van der Waals surface area contributed by atoms with Crippen LogP contribution in [0, 0.1) is 6.92 Å². The van der Waals surface area contributed by atoms with Crippen molar-refractivity contribution in [1.82, 2.24) is 14.7 Å². The first kappa shape index (κ1) is 17.9. The molecule has 1 aromatic carbocycles. The second-order valence-electron chi connectivity index (χ2n) is 6.36. The summed E-state index contributed by atoms with van der Waals surface area (Å²) < 4.78 is 2.00. The highest BCUT2D eigenvalue weighted by Gasteiger charge is 2.26. The topological polar surface area (TPSA) is 64.2 Å². The van der Waals surface area contributed by atoms with Crippen LogP contribution in [0.1, 0.15) is 27.3 Å². The predicted molar refractivity (Wildman–Crippen MR) is 104 cm³/mol. The molecule has 0 radical (unpaired) electrons. The molecular weight excluding hydrogens is 356 g/mol. The largest absolute Gasteiger partial charge is 0.336 e. The molecule has 0 unspecified atom stereocenters. The van der Waals surface area contributed by atoms with Crippen LogP contribution in [0.2, 0.25) is 0 Å². The summed E-state index contributed by atoms with van der Waals surface area (Å²) in [6.45, 7) is 4.12. The second kappa shape index (κ2) is 7.15. The van der Waals surface area contributed by atoms with Gasteiger partial charge in [0.15, 0.2) is 0 Å². The Labute approximate surface area is 156 Å². The fourth-order valence-corrected chi connectivity index (χ4v) is 4.34. The smallest absolute Gasteiger partial charge is 0.264 e. The predicted octanol–water partition coefficient (Wildman–Crippen LogP) is 3.05. The van der Waals surface area contributed by atoms with Crippen LogP contribution in [0.4, 0.5) is 0 Å². The van der Waals surface area contributed by atoms with Gasteiger partial charge in [-0.2, -0.15) is 5.10 Å². The van der Waals surface area contributed by atoms with Crippen molar-refractivity contribution < 1.29 is 4.79 Å². The number of carbonyl (C=O) groups is 1. The van der Waals surface area contributed by atoms with Gasteiger partial charge in [-0.15, -0.1) is 23.7 Å². The summed E-state index contributed by atoms with van der Waals surface area (Å²) in [5, 5.41) is 5.71. The molecule has 7 heteroatoms. The highest BCUT2D eigenvalue weighted by Crippen LogP contribution is 2.30. The van der Waals surface area contributed by atoms with Gasteiger partial charge in [0.25, 0.3) is 5.91 Å². The highest BCUT2D eigenvalue weighted by atomic mass is 35.5. The summed E-state index contributed by atoms with van der Waals surface area (Å²) in [5.74, 6) is 0.0924. The molecule has 3 heterocycles. The van der Waals surface area contributed by atoms with Crippen molar-refractivity contribution in [3.63, 3.8) is 0 Å². The first-order valence-corrected chi connectivity index (χ1v) is 8.99. The summed E-state index contributed by atoms with van der Waals surface area (Å²) in [5.41, 5.74) is 8.10. The van der Waals surface area contributed by atoms with Gasteiger partial charge in [0.1, 0.15) is 4.83 Å². The van der Waals surface area contributed by atoms with E-state index in [1.807, 2.05) is 40.8 Å². The Morgan fingerprint density at radius 2 is 2.12 bits per heavy atom. The minimum Gasteiger partial charge on any atom is -0.336 e. The van der Waals surface area contributed by atoms with E-state index in [0.29, 0.717) is 13.1 Å². The van der Waals surface area contributed by atoms with E-state index in [2.05, 4.69) is 17.2 Å². The van der Waals surface area contributed by atoms with Gasteiger partial charge in [-0.05, 0) is 25.0 Å². The van der Waals surface area contributed by atoms with Crippen molar-refractivity contribution in [2.24, 2.45) is 5.73 Å². The molecule has 0 bridgehead atoms. The molecule has 1 fully saturated rings. The molecule has 4 rings (SSSR count). The monoisotopic (exact) mass is 376 g/mol. The number of nitrogens with two attached hydrogens (primary N) is 1. The molecule has 25 heavy (non-hydrogen) atoms. The summed E-state index contributed by atoms with van der Waals surface area (Å²) in [7, 11) is 0. The summed E-state index contributed by atoms with van der Waals surface area (Å²) in [6.07, 6.45) is 0.886. The van der Waals surface area contributed by atoms with Crippen LogP contribution in [-0.2, 0) is 6.54 Å². The zero-order valence-corrected chi connectivity index (χ0v) is 15.6. The number of thiophene rings is 1. The number of carbonyl (C=O) groups excluding carboxylic acids is 1. The molecule has 5 nitrogen and oxygen atoms in total. The third kappa shape index (κ3) is 3.42. The number of fused-ring (bicyclic) bond motifs is 1. The van der Waals surface area contributed by atoms with Crippen LogP contribution in [0.3, 0.4) is 0 Å². The Hall–Kier alpha value is -1.89. The normalized spacial score (nSPS) is 17.0. The summed E-state index contributed by atoms with van der Waals surface area (Å²) >= 11 is 1.53. The van der Waals surface area contributed by atoms with Crippen molar-refractivity contribution in [3.8, 4) is 0 Å². The second-order valence-corrected chi connectivity index (χ2v) is 7.39. The molecule has 0 saturated carbocycles. The molecule has 2 aromatic heterocycles. The molecule has 1 aliphatic rings. The molecule has 0 spiro atoms. The number of aromatic nitrogens is 2. The molecular formula is C18H21ClN4OS. The molecule has 3 aromatic rings. The van der Waals surface area contributed by atoms with Gasteiger partial charge in [0.2, 0.25) is 0 Å². The minimum absolute atomic E-state index is 0. The van der Waals surface area contributed by atoms with Crippen LogP contribution >= 0.6 is 23.7 Å². The molecule has 1 saturated heterocycles. The summed E-state index contributed by atoms with van der Waals surface area (Å²) in [6, 6.07) is 12.3. The maximum atomic E-state index is 12.7. The number of hydrogen-bond acceptors (Lipinski definition) is 4. The van der Waals surface area contributed by atoms with Crippen molar-refractivity contribution in [1.29, 1.82) is 0 Å². The zero-order chi connectivity index (χ0) is 16.7. The third-order valence-electron chi connectivity index (χ3n) is 4.51. The lowest BCUT2D eigenvalue weighted by atomic mass is 10.2. The Balaban J connectivity index is 0.00000182. The number of rotatable bonds is 3. The number of hydrogen-bond donors (Lipinski definition) is 1. The Morgan fingerprint density at radius 3 is 2.80 bits per heavy atom. The lowest BCUT2D eigenvalue weighted by Crippen LogP contribution is -2.31. The van der Waals surface area contributed by atoms with Gasteiger partial charge in [-0.1, -0.05) is 30.3 Å². The van der Waals surface area contributed by atoms with Crippen molar-refractivity contribution in [2.75, 3.05) is 13.1 Å². The van der Waals surface area contributed by atoms with Crippen LogP contribution in [0.25, 0.3) is 10.2 Å². The van der Waals surface area contributed by atoms with Crippen molar-refractivity contribution >= 4 is 39.9 Å². The van der Waals surface area contributed by atoms with Gasteiger partial charge in [0.05, 0.1) is 17.1 Å². The number of aryl methyl sites for hydroxylation is 1. The molecule has 132 valence electrons. The van der Waals surface area contributed by atoms with E-state index in [1.165, 1.54) is 16.9 Å². The molecule has 1 atom stereocenters. The average Bonchev–Trinajstić information content (AvgIpc) is 3.26. The van der Waals surface area contributed by atoms with E-state index in [0.717, 1.165) is 33.8 Å². The van der Waals surface area contributed by atoms with Gasteiger partial charge in [-0.25, -0.2) is 0 Å². The fraction of sp³-hybridized carbons (Fsp3) is 0.333. The first-order chi connectivity index (χ1) is 11.6. The van der Waals surface area contributed by atoms with E-state index in [1.54, 1.807) is 0 Å².